The topological polar surface area (TPSA) is 130 Å². The number of carboxylic acids is 1. The van der Waals surface area contributed by atoms with Gasteiger partial charge in [0, 0.05) is 6.54 Å². The molecule has 1 aromatic rings. The molecule has 10 heteroatoms. The van der Waals surface area contributed by atoms with Crippen LogP contribution in [0.1, 0.15) is 31.7 Å². The van der Waals surface area contributed by atoms with Gasteiger partial charge in [-0.25, -0.2) is 8.42 Å². The van der Waals surface area contributed by atoms with E-state index in [-0.39, 0.29) is 22.9 Å². The van der Waals surface area contributed by atoms with Gasteiger partial charge >= 0.3 is 5.97 Å². The lowest BCUT2D eigenvalue weighted by atomic mass is 10.3. The number of aliphatic carboxylic acids is 1. The Labute approximate surface area is 134 Å². The standard InChI is InChI=1S/C13H21N3O6S/c1-5-6-16(7-11(17)18)13(19)9(3)15-23(20,21)12-8(2)14-22-10(12)4/h9,15H,5-7H2,1-4H3,(H,17,18). The SMILES string of the molecule is CCCN(CC(=O)O)C(=O)C(C)NS(=O)(=O)c1c(C)noc1C. The van der Waals surface area contributed by atoms with E-state index in [0.29, 0.717) is 6.42 Å². The number of aromatic nitrogens is 1. The average molecular weight is 347 g/mol. The zero-order valence-corrected chi connectivity index (χ0v) is 14.3. The zero-order valence-electron chi connectivity index (χ0n) is 13.5. The van der Waals surface area contributed by atoms with E-state index in [4.69, 9.17) is 9.63 Å². The van der Waals surface area contributed by atoms with Gasteiger partial charge in [-0.2, -0.15) is 4.72 Å². The van der Waals surface area contributed by atoms with Crippen molar-refractivity contribution in [2.45, 2.75) is 45.1 Å². The highest BCUT2D eigenvalue weighted by Crippen LogP contribution is 2.19. The molecule has 1 unspecified atom stereocenters. The molecule has 0 saturated heterocycles. The molecular formula is C13H21N3O6S. The van der Waals surface area contributed by atoms with Gasteiger partial charge in [-0.05, 0) is 27.2 Å². The molecule has 0 fully saturated rings. The lowest BCUT2D eigenvalue weighted by Gasteiger charge is -2.24. The molecule has 0 aliphatic heterocycles. The molecule has 0 aliphatic carbocycles. The Balaban J connectivity index is 2.94. The minimum Gasteiger partial charge on any atom is -0.480 e. The Bertz CT molecular complexity index is 662. The first-order valence-electron chi connectivity index (χ1n) is 7.06. The second kappa shape index (κ2) is 7.55. The van der Waals surface area contributed by atoms with Gasteiger partial charge in [0.2, 0.25) is 15.9 Å². The van der Waals surface area contributed by atoms with Crippen molar-refractivity contribution in [1.82, 2.24) is 14.8 Å². The molecule has 0 spiro atoms. The number of hydrogen-bond acceptors (Lipinski definition) is 6. The van der Waals surface area contributed by atoms with Crippen LogP contribution in [0.2, 0.25) is 0 Å². The number of carbonyl (C=O) groups excluding carboxylic acids is 1. The van der Waals surface area contributed by atoms with E-state index in [1.54, 1.807) is 6.92 Å². The van der Waals surface area contributed by atoms with Crippen molar-refractivity contribution in [1.29, 1.82) is 0 Å². The molecule has 0 bridgehead atoms. The Kier molecular flexibility index (Phi) is 6.28. The van der Waals surface area contributed by atoms with E-state index >= 15 is 0 Å². The maximum atomic E-state index is 12.4. The monoisotopic (exact) mass is 347 g/mol. The molecule has 1 amide bonds. The summed E-state index contributed by atoms with van der Waals surface area (Å²) in [6.07, 6.45) is 0.558. The summed E-state index contributed by atoms with van der Waals surface area (Å²) in [5.74, 6) is -1.65. The highest BCUT2D eigenvalue weighted by molar-refractivity contribution is 7.89. The van der Waals surface area contributed by atoms with Crippen LogP contribution in [0.3, 0.4) is 0 Å². The summed E-state index contributed by atoms with van der Waals surface area (Å²) in [6, 6.07) is -1.11. The molecule has 0 radical (unpaired) electrons. The largest absolute Gasteiger partial charge is 0.480 e. The third-order valence-electron chi connectivity index (χ3n) is 3.07. The maximum Gasteiger partial charge on any atom is 0.323 e. The van der Waals surface area contributed by atoms with Crippen LogP contribution in [0.4, 0.5) is 0 Å². The third-order valence-corrected chi connectivity index (χ3v) is 4.85. The smallest absolute Gasteiger partial charge is 0.323 e. The number of aryl methyl sites for hydroxylation is 2. The number of carboxylic acid groups (broad SMARTS) is 1. The molecule has 2 N–H and O–H groups in total. The molecule has 23 heavy (non-hydrogen) atoms. The van der Waals surface area contributed by atoms with Crippen molar-refractivity contribution in [2.75, 3.05) is 13.1 Å². The lowest BCUT2D eigenvalue weighted by Crippen LogP contribution is -2.48. The normalized spacial score (nSPS) is 12.9. The fourth-order valence-corrected chi connectivity index (χ4v) is 3.70. The number of carbonyl (C=O) groups is 2. The first-order chi connectivity index (χ1) is 10.6. The van der Waals surface area contributed by atoms with Gasteiger partial charge in [0.05, 0.1) is 6.04 Å². The van der Waals surface area contributed by atoms with Crippen LogP contribution in [-0.2, 0) is 19.6 Å². The lowest BCUT2D eigenvalue weighted by molar-refractivity contribution is -0.145. The number of rotatable bonds is 8. The van der Waals surface area contributed by atoms with Crippen LogP contribution in [-0.4, -0.2) is 54.6 Å². The second-order valence-electron chi connectivity index (χ2n) is 5.15. The molecule has 1 heterocycles. The van der Waals surface area contributed by atoms with Crippen molar-refractivity contribution < 1.29 is 27.6 Å². The summed E-state index contributed by atoms with van der Waals surface area (Å²) in [5, 5.41) is 12.4. The highest BCUT2D eigenvalue weighted by atomic mass is 32.2. The highest BCUT2D eigenvalue weighted by Gasteiger charge is 2.30. The first kappa shape index (κ1) is 19.1. The van der Waals surface area contributed by atoms with Gasteiger partial charge in [-0.3, -0.25) is 9.59 Å². The number of amides is 1. The Morgan fingerprint density at radius 2 is 2.00 bits per heavy atom. The number of hydrogen-bond donors (Lipinski definition) is 2. The van der Waals surface area contributed by atoms with Gasteiger partial charge in [-0.15, -0.1) is 0 Å². The first-order valence-corrected chi connectivity index (χ1v) is 8.54. The van der Waals surface area contributed by atoms with Crippen LogP contribution in [0.15, 0.2) is 9.42 Å². The minimum atomic E-state index is -4.00. The molecule has 1 atom stereocenters. The molecular weight excluding hydrogens is 326 g/mol. The van der Waals surface area contributed by atoms with E-state index in [1.807, 2.05) is 0 Å². The predicted octanol–water partition coefficient (Wildman–Crippen LogP) is 0.281. The number of sulfonamides is 1. The van der Waals surface area contributed by atoms with Gasteiger partial charge in [0.15, 0.2) is 5.76 Å². The molecule has 0 aliphatic rings. The molecule has 0 saturated carbocycles. The van der Waals surface area contributed by atoms with Gasteiger partial charge < -0.3 is 14.5 Å². The molecule has 130 valence electrons. The van der Waals surface area contributed by atoms with E-state index in [9.17, 15) is 18.0 Å². The summed E-state index contributed by atoms with van der Waals surface area (Å²) >= 11 is 0. The summed E-state index contributed by atoms with van der Waals surface area (Å²) in [6.45, 7) is 5.83. The fraction of sp³-hybridized carbons (Fsp3) is 0.615. The molecule has 1 rings (SSSR count). The maximum absolute atomic E-state index is 12.4. The van der Waals surface area contributed by atoms with Crippen LogP contribution in [0.25, 0.3) is 0 Å². The van der Waals surface area contributed by atoms with Crippen LogP contribution in [0.5, 0.6) is 0 Å². The van der Waals surface area contributed by atoms with Gasteiger partial charge in [0.1, 0.15) is 17.1 Å². The van der Waals surface area contributed by atoms with E-state index in [2.05, 4.69) is 9.88 Å². The van der Waals surface area contributed by atoms with Crippen LogP contribution < -0.4 is 4.72 Å². The quantitative estimate of drug-likeness (QED) is 0.691. The Hall–Kier alpha value is -1.94. The summed E-state index contributed by atoms with van der Waals surface area (Å²) in [4.78, 5) is 24.1. The second-order valence-corrected chi connectivity index (χ2v) is 6.80. The minimum absolute atomic E-state index is 0.113. The molecule has 1 aromatic heterocycles. The number of nitrogens with zero attached hydrogens (tertiary/aromatic N) is 2. The Morgan fingerprint density at radius 3 is 2.43 bits per heavy atom. The van der Waals surface area contributed by atoms with Gasteiger partial charge in [0.25, 0.3) is 0 Å². The Morgan fingerprint density at radius 1 is 1.39 bits per heavy atom. The number of nitrogens with one attached hydrogen (secondary N) is 1. The predicted molar refractivity (Wildman–Crippen MR) is 80.3 cm³/mol. The van der Waals surface area contributed by atoms with Crippen molar-refractivity contribution in [3.8, 4) is 0 Å². The third kappa shape index (κ3) is 4.76. The van der Waals surface area contributed by atoms with Crippen molar-refractivity contribution >= 4 is 21.9 Å². The van der Waals surface area contributed by atoms with E-state index in [0.717, 1.165) is 4.90 Å². The van der Waals surface area contributed by atoms with Crippen molar-refractivity contribution in [3.05, 3.63) is 11.5 Å². The van der Waals surface area contributed by atoms with Crippen molar-refractivity contribution in [3.63, 3.8) is 0 Å². The molecule has 9 nitrogen and oxygen atoms in total. The van der Waals surface area contributed by atoms with Crippen molar-refractivity contribution in [2.24, 2.45) is 0 Å². The molecule has 0 aromatic carbocycles. The van der Waals surface area contributed by atoms with E-state index in [1.165, 1.54) is 20.8 Å². The van der Waals surface area contributed by atoms with Gasteiger partial charge in [-0.1, -0.05) is 12.1 Å². The summed E-state index contributed by atoms with van der Waals surface area (Å²) in [7, 11) is -4.00. The zero-order chi connectivity index (χ0) is 17.8. The van der Waals surface area contributed by atoms with E-state index < -0.39 is 34.5 Å². The average Bonchev–Trinajstić information content (AvgIpc) is 2.76. The fourth-order valence-electron chi connectivity index (χ4n) is 2.17. The summed E-state index contributed by atoms with van der Waals surface area (Å²) in [5.41, 5.74) is 0.186. The van der Waals surface area contributed by atoms with Crippen LogP contribution >= 0.6 is 0 Å². The summed E-state index contributed by atoms with van der Waals surface area (Å²) < 4.78 is 31.8. The van der Waals surface area contributed by atoms with Crippen LogP contribution in [0, 0.1) is 13.8 Å².